The summed E-state index contributed by atoms with van der Waals surface area (Å²) in [5, 5.41) is 2.91. The Morgan fingerprint density at radius 3 is 2.00 bits per heavy atom. The molecule has 0 unspecified atom stereocenters. The maximum absolute atomic E-state index is 11.8. The van der Waals surface area contributed by atoms with Gasteiger partial charge in [-0.05, 0) is 67.2 Å². The normalized spacial score (nSPS) is 21.2. The van der Waals surface area contributed by atoms with Crippen LogP contribution in [0, 0.1) is 0 Å². The first-order valence-corrected chi connectivity index (χ1v) is 9.35. The third-order valence-corrected chi connectivity index (χ3v) is 3.62. The standard InChI is InChI=1S/C19H35NO6/c1-18(2,3)25-16(21)13-23-11-12-24-15-9-7-14(8-10-15)20-17(22)26-19(4,5)6/h14-15H,7-13H2,1-6H3,(H,20,22)/t14-,15-. The zero-order valence-electron chi connectivity index (χ0n) is 17.1. The third kappa shape index (κ3) is 11.3. The molecule has 0 aromatic rings. The number of hydrogen-bond donors (Lipinski definition) is 1. The summed E-state index contributed by atoms with van der Waals surface area (Å²) >= 11 is 0. The Morgan fingerprint density at radius 1 is 0.885 bits per heavy atom. The molecule has 0 atom stereocenters. The van der Waals surface area contributed by atoms with E-state index in [2.05, 4.69) is 5.32 Å². The van der Waals surface area contributed by atoms with Crippen molar-refractivity contribution in [2.75, 3.05) is 19.8 Å². The second-order valence-corrected chi connectivity index (χ2v) is 8.63. The Bertz CT molecular complexity index is 444. The number of carbonyl (C=O) groups excluding carboxylic acids is 2. The molecule has 152 valence electrons. The van der Waals surface area contributed by atoms with Gasteiger partial charge in [0.25, 0.3) is 0 Å². The lowest BCUT2D eigenvalue weighted by atomic mass is 9.93. The Hall–Kier alpha value is -1.34. The van der Waals surface area contributed by atoms with Gasteiger partial charge in [0.15, 0.2) is 0 Å². The van der Waals surface area contributed by atoms with Crippen molar-refractivity contribution in [1.29, 1.82) is 0 Å². The van der Waals surface area contributed by atoms with Crippen molar-refractivity contribution in [3.8, 4) is 0 Å². The van der Waals surface area contributed by atoms with Gasteiger partial charge >= 0.3 is 12.1 Å². The van der Waals surface area contributed by atoms with E-state index in [0.29, 0.717) is 13.2 Å². The summed E-state index contributed by atoms with van der Waals surface area (Å²) in [6, 6.07) is 0.133. The van der Waals surface area contributed by atoms with Gasteiger partial charge < -0.3 is 24.3 Å². The van der Waals surface area contributed by atoms with Gasteiger partial charge in [-0.15, -0.1) is 0 Å². The molecule has 7 heteroatoms. The van der Waals surface area contributed by atoms with E-state index in [1.807, 2.05) is 41.5 Å². The lowest BCUT2D eigenvalue weighted by molar-refractivity contribution is -0.160. The summed E-state index contributed by atoms with van der Waals surface area (Å²) in [7, 11) is 0. The predicted molar refractivity (Wildman–Crippen MR) is 98.0 cm³/mol. The lowest BCUT2D eigenvalue weighted by Gasteiger charge is -2.30. The van der Waals surface area contributed by atoms with Crippen LogP contribution in [0.5, 0.6) is 0 Å². The average Bonchev–Trinajstić information content (AvgIpc) is 2.44. The summed E-state index contributed by atoms with van der Waals surface area (Å²) < 4.78 is 21.5. The fraction of sp³-hybridized carbons (Fsp3) is 0.895. The first-order chi connectivity index (χ1) is 11.9. The monoisotopic (exact) mass is 373 g/mol. The minimum absolute atomic E-state index is 0.0623. The van der Waals surface area contributed by atoms with Crippen molar-refractivity contribution >= 4 is 12.1 Å². The molecule has 1 aliphatic carbocycles. The van der Waals surface area contributed by atoms with E-state index in [1.165, 1.54) is 0 Å². The molecule has 1 aliphatic rings. The number of esters is 1. The highest BCUT2D eigenvalue weighted by atomic mass is 16.6. The molecule has 1 saturated carbocycles. The molecule has 0 aliphatic heterocycles. The van der Waals surface area contributed by atoms with Crippen molar-refractivity contribution in [2.45, 2.75) is 90.6 Å². The molecule has 7 nitrogen and oxygen atoms in total. The lowest BCUT2D eigenvalue weighted by Crippen LogP contribution is -2.42. The van der Waals surface area contributed by atoms with Crippen LogP contribution in [-0.2, 0) is 23.7 Å². The van der Waals surface area contributed by atoms with Crippen LogP contribution in [0.2, 0.25) is 0 Å². The summed E-state index contributed by atoms with van der Waals surface area (Å²) in [6.07, 6.45) is 3.29. The molecule has 1 fully saturated rings. The Balaban J connectivity index is 2.08. The second kappa shape index (κ2) is 10.1. The van der Waals surface area contributed by atoms with Gasteiger partial charge in [0.2, 0.25) is 0 Å². The number of nitrogens with one attached hydrogen (secondary N) is 1. The van der Waals surface area contributed by atoms with Gasteiger partial charge in [-0.3, -0.25) is 0 Å². The summed E-state index contributed by atoms with van der Waals surface area (Å²) in [4.78, 5) is 23.3. The SMILES string of the molecule is CC(C)(C)OC(=O)COCCO[C@H]1CC[C@H](NC(=O)OC(C)(C)C)CC1. The predicted octanol–water partition coefficient (Wildman–Crippen LogP) is 3.20. The van der Waals surface area contributed by atoms with Crippen LogP contribution in [-0.4, -0.2) is 55.2 Å². The zero-order valence-corrected chi connectivity index (χ0v) is 17.1. The molecule has 1 rings (SSSR count). The third-order valence-electron chi connectivity index (χ3n) is 3.62. The Morgan fingerprint density at radius 2 is 1.46 bits per heavy atom. The van der Waals surface area contributed by atoms with Crippen molar-refractivity contribution in [3.05, 3.63) is 0 Å². The van der Waals surface area contributed by atoms with E-state index in [0.717, 1.165) is 25.7 Å². The highest BCUT2D eigenvalue weighted by Gasteiger charge is 2.25. The number of amides is 1. The topological polar surface area (TPSA) is 83.1 Å². The average molecular weight is 373 g/mol. The highest BCUT2D eigenvalue weighted by Crippen LogP contribution is 2.21. The quantitative estimate of drug-likeness (QED) is 0.545. The Kier molecular flexibility index (Phi) is 8.83. The van der Waals surface area contributed by atoms with Gasteiger partial charge in [0.1, 0.15) is 17.8 Å². The summed E-state index contributed by atoms with van der Waals surface area (Å²) in [5.74, 6) is -0.369. The fourth-order valence-corrected chi connectivity index (χ4v) is 2.65. The number of rotatable bonds is 7. The molecule has 0 heterocycles. The number of alkyl carbamates (subject to hydrolysis) is 1. The zero-order chi connectivity index (χ0) is 19.8. The largest absolute Gasteiger partial charge is 0.458 e. The van der Waals surface area contributed by atoms with Crippen LogP contribution in [0.15, 0.2) is 0 Å². The first-order valence-electron chi connectivity index (χ1n) is 9.35. The molecule has 1 amide bonds. The molecular formula is C19H35NO6. The number of carbonyl (C=O) groups is 2. The van der Waals surface area contributed by atoms with Crippen LogP contribution in [0.1, 0.15) is 67.2 Å². The van der Waals surface area contributed by atoms with E-state index < -0.39 is 11.2 Å². The molecule has 0 saturated heterocycles. The maximum atomic E-state index is 11.8. The maximum Gasteiger partial charge on any atom is 0.407 e. The van der Waals surface area contributed by atoms with E-state index in [9.17, 15) is 9.59 Å². The molecule has 0 bridgehead atoms. The van der Waals surface area contributed by atoms with Gasteiger partial charge in [0, 0.05) is 6.04 Å². The summed E-state index contributed by atoms with van der Waals surface area (Å²) in [5.41, 5.74) is -0.980. The van der Waals surface area contributed by atoms with E-state index in [-0.39, 0.29) is 30.8 Å². The van der Waals surface area contributed by atoms with Crippen molar-refractivity contribution < 1.29 is 28.5 Å². The van der Waals surface area contributed by atoms with Crippen LogP contribution in [0.3, 0.4) is 0 Å². The smallest absolute Gasteiger partial charge is 0.407 e. The van der Waals surface area contributed by atoms with Crippen molar-refractivity contribution in [3.63, 3.8) is 0 Å². The second-order valence-electron chi connectivity index (χ2n) is 8.63. The highest BCUT2D eigenvalue weighted by molar-refractivity contribution is 5.71. The van der Waals surface area contributed by atoms with E-state index in [1.54, 1.807) is 0 Å². The number of ether oxygens (including phenoxy) is 4. The van der Waals surface area contributed by atoms with E-state index >= 15 is 0 Å². The van der Waals surface area contributed by atoms with Gasteiger partial charge in [0.05, 0.1) is 19.3 Å². The number of hydrogen-bond acceptors (Lipinski definition) is 6. The molecule has 0 radical (unpaired) electrons. The fourth-order valence-electron chi connectivity index (χ4n) is 2.65. The van der Waals surface area contributed by atoms with Crippen LogP contribution < -0.4 is 5.32 Å². The van der Waals surface area contributed by atoms with Gasteiger partial charge in [-0.1, -0.05) is 0 Å². The minimum atomic E-state index is -0.497. The molecule has 0 aromatic carbocycles. The van der Waals surface area contributed by atoms with Crippen LogP contribution >= 0.6 is 0 Å². The van der Waals surface area contributed by atoms with Crippen molar-refractivity contribution in [2.24, 2.45) is 0 Å². The summed E-state index contributed by atoms with van der Waals surface area (Å²) in [6.45, 7) is 11.7. The van der Waals surface area contributed by atoms with Crippen LogP contribution in [0.4, 0.5) is 4.79 Å². The molecule has 0 spiro atoms. The molecular weight excluding hydrogens is 338 g/mol. The molecule has 26 heavy (non-hydrogen) atoms. The van der Waals surface area contributed by atoms with Gasteiger partial charge in [-0.25, -0.2) is 9.59 Å². The van der Waals surface area contributed by atoms with Crippen LogP contribution in [0.25, 0.3) is 0 Å². The molecule has 0 aromatic heterocycles. The molecule has 1 N–H and O–H groups in total. The minimum Gasteiger partial charge on any atom is -0.458 e. The van der Waals surface area contributed by atoms with Gasteiger partial charge in [-0.2, -0.15) is 0 Å². The first kappa shape index (κ1) is 22.7. The van der Waals surface area contributed by atoms with E-state index in [4.69, 9.17) is 18.9 Å². The van der Waals surface area contributed by atoms with Crippen molar-refractivity contribution in [1.82, 2.24) is 5.32 Å². The Labute approximate surface area is 157 Å².